The number of nitrogens with zero attached hydrogens (tertiary/aromatic N) is 1. The Balaban J connectivity index is 0.993. The fourth-order valence-corrected chi connectivity index (χ4v) is 12.3. The van der Waals surface area contributed by atoms with Gasteiger partial charge in [-0.25, -0.2) is 0 Å². The molecule has 3 rings (SSSR count). The van der Waals surface area contributed by atoms with Crippen LogP contribution in [0.1, 0.15) is 263 Å². The Morgan fingerprint density at radius 1 is 0.319 bits per heavy atom. The average molecular weight is 1670 g/mol. The van der Waals surface area contributed by atoms with Crippen molar-refractivity contribution in [2.24, 2.45) is 0 Å². The Kier molecular flexibility index (Phi) is 59.0. The molecule has 0 bridgehead atoms. The molecule has 0 aromatic carbocycles. The largest absolute Gasteiger partial charge is 0.466 e. The van der Waals surface area contributed by atoms with Crippen molar-refractivity contribution in [1.82, 2.24) is 10.2 Å². The van der Waals surface area contributed by atoms with E-state index < -0.39 is 98.5 Å². The van der Waals surface area contributed by atoms with E-state index in [0.717, 1.165) is 24.2 Å². The van der Waals surface area contributed by atoms with Crippen molar-refractivity contribution in [2.45, 2.75) is 331 Å². The highest BCUT2D eigenvalue weighted by Gasteiger charge is 2.51. The van der Waals surface area contributed by atoms with E-state index in [1.165, 1.54) is 0 Å². The van der Waals surface area contributed by atoms with Crippen molar-refractivity contribution in [3.8, 4) is 0 Å². The summed E-state index contributed by atoms with van der Waals surface area (Å²) in [6, 6.07) is -0.926. The first-order valence-electron chi connectivity index (χ1n) is 42.0. The first-order valence-corrected chi connectivity index (χ1v) is 42.0. The summed E-state index contributed by atoms with van der Waals surface area (Å²) in [5.41, 5.74) is 0. The molecule has 2 amide bonds. The molecule has 0 aromatic heterocycles. The van der Waals surface area contributed by atoms with Crippen LogP contribution in [-0.4, -0.2) is 290 Å². The van der Waals surface area contributed by atoms with Gasteiger partial charge in [0.25, 0.3) is 0 Å². The number of rotatable bonds is 71. The van der Waals surface area contributed by atoms with E-state index in [-0.39, 0.29) is 191 Å². The van der Waals surface area contributed by atoms with Crippen molar-refractivity contribution in [3.63, 3.8) is 0 Å². The second kappa shape index (κ2) is 66.2. The summed E-state index contributed by atoms with van der Waals surface area (Å²) in [5.74, 6) is -4.26. The number of nitrogens with one attached hydrogen (secondary N) is 1. The van der Waals surface area contributed by atoms with Gasteiger partial charge in [0.15, 0.2) is 12.6 Å². The second-order valence-corrected chi connectivity index (χ2v) is 29.0. The minimum atomic E-state index is -1.83. The fraction of sp³-hybridized carbons (Fsp3) is 0.850. The number of imide groups is 1. The van der Waals surface area contributed by atoms with Crippen LogP contribution in [0.2, 0.25) is 0 Å². The molecule has 0 spiro atoms. The quantitative estimate of drug-likeness (QED) is 0.0177. The molecule has 36 heteroatoms. The maximum Gasteiger partial charge on any atom is 0.305 e. The van der Waals surface area contributed by atoms with Crippen molar-refractivity contribution < 1.29 is 165 Å². The van der Waals surface area contributed by atoms with E-state index in [1.807, 2.05) is 0 Å². The summed E-state index contributed by atoms with van der Waals surface area (Å²) in [5, 5.41) is 83.0. The number of unbranched alkanes of at least 4 members (excludes halogenated alkanes) is 20. The molecule has 116 heavy (non-hydrogen) atoms. The molecule has 0 saturated carbocycles. The van der Waals surface area contributed by atoms with Gasteiger partial charge in [-0.05, 0) is 186 Å². The third-order valence-electron chi connectivity index (χ3n) is 19.2. The fourth-order valence-electron chi connectivity index (χ4n) is 12.3. The normalized spacial score (nSPS) is 20.6. The zero-order chi connectivity index (χ0) is 84.8. The number of aliphatic hydroxyl groups is 8. The number of amides is 2. The van der Waals surface area contributed by atoms with Crippen LogP contribution in [-0.2, 0) is 124 Å². The maximum absolute atomic E-state index is 13.0. The highest BCUT2D eigenvalue weighted by atomic mass is 16.7. The summed E-state index contributed by atoms with van der Waals surface area (Å²) in [4.78, 5) is 147. The predicted octanol–water partition coefficient (Wildman–Crippen LogP) is 4.37. The average Bonchev–Trinajstić information content (AvgIpc) is 0.833. The Morgan fingerprint density at radius 2 is 0.595 bits per heavy atom. The van der Waals surface area contributed by atoms with E-state index in [9.17, 15) is 93.3 Å². The third kappa shape index (κ3) is 49.0. The molecule has 3 aliphatic heterocycles. The zero-order valence-corrected chi connectivity index (χ0v) is 67.8. The van der Waals surface area contributed by atoms with Crippen molar-refractivity contribution in [3.05, 3.63) is 0 Å². The number of ether oxygens (including phenoxy) is 14. The lowest BCUT2D eigenvalue weighted by Crippen LogP contribution is -2.64. The second-order valence-electron chi connectivity index (χ2n) is 29.0. The van der Waals surface area contributed by atoms with Gasteiger partial charge in [-0.3, -0.25) is 62.4 Å². The van der Waals surface area contributed by atoms with Crippen LogP contribution in [0.15, 0.2) is 0 Å². The van der Waals surface area contributed by atoms with Gasteiger partial charge in [0.05, 0.1) is 98.3 Å². The van der Waals surface area contributed by atoms with Crippen LogP contribution in [0.25, 0.3) is 0 Å². The van der Waals surface area contributed by atoms with Gasteiger partial charge in [-0.2, -0.15) is 0 Å². The van der Waals surface area contributed by atoms with Gasteiger partial charge in [0.1, 0.15) is 55.4 Å². The van der Waals surface area contributed by atoms with Gasteiger partial charge in [-0.1, -0.05) is 6.42 Å². The third-order valence-corrected chi connectivity index (χ3v) is 19.2. The van der Waals surface area contributed by atoms with Gasteiger partial charge < -0.3 is 112 Å². The molecule has 9 N–H and O–H groups in total. The van der Waals surface area contributed by atoms with Gasteiger partial charge in [0.2, 0.25) is 11.8 Å². The first kappa shape index (κ1) is 104. The topological polar surface area (TPSA) is 511 Å². The van der Waals surface area contributed by atoms with E-state index in [2.05, 4.69) is 5.32 Å². The monoisotopic (exact) mass is 1670 g/mol. The molecule has 1 unspecified atom stereocenters. The molecule has 11 atom stereocenters. The van der Waals surface area contributed by atoms with Crippen LogP contribution in [0.5, 0.6) is 0 Å². The Morgan fingerprint density at radius 3 is 0.888 bits per heavy atom. The Labute approximate surface area is 680 Å². The molecular formula is C80H134N2O34. The molecule has 3 heterocycles. The molecule has 3 saturated heterocycles. The van der Waals surface area contributed by atoms with Crippen molar-refractivity contribution in [1.29, 1.82) is 0 Å². The Bertz CT molecular complexity index is 2760. The number of carbonyl (C=O) groups is 12. The number of carbonyl (C=O) groups excluding carboxylic acids is 12. The lowest BCUT2D eigenvalue weighted by molar-refractivity contribution is -0.359. The summed E-state index contributed by atoms with van der Waals surface area (Å²) in [7, 11) is 0. The number of esters is 10. The molecule has 668 valence electrons. The number of hydrogen-bond acceptors (Lipinski definition) is 35. The van der Waals surface area contributed by atoms with Crippen molar-refractivity contribution >= 4 is 71.5 Å². The molecule has 0 radical (unpaired) electrons. The van der Waals surface area contributed by atoms with Crippen LogP contribution < -0.4 is 5.32 Å². The van der Waals surface area contributed by atoms with Crippen LogP contribution >= 0.6 is 0 Å². The van der Waals surface area contributed by atoms with E-state index >= 15 is 0 Å². The number of likely N-dealkylation sites (tertiary alicyclic amines) is 1. The zero-order valence-electron chi connectivity index (χ0n) is 67.8. The van der Waals surface area contributed by atoms with Gasteiger partial charge >= 0.3 is 59.7 Å². The van der Waals surface area contributed by atoms with E-state index in [0.29, 0.717) is 199 Å². The lowest BCUT2D eigenvalue weighted by atomic mass is 9.97. The Hall–Kier alpha value is -6.68. The molecule has 36 nitrogen and oxygen atoms in total. The highest BCUT2D eigenvalue weighted by Crippen LogP contribution is 2.30. The van der Waals surface area contributed by atoms with Crippen LogP contribution in [0, 0.1) is 0 Å². The molecule has 3 aliphatic rings. The smallest absolute Gasteiger partial charge is 0.305 e. The van der Waals surface area contributed by atoms with Gasteiger partial charge in [0, 0.05) is 77.4 Å². The minimum Gasteiger partial charge on any atom is -0.466 e. The molecule has 3 fully saturated rings. The van der Waals surface area contributed by atoms with Gasteiger partial charge in [-0.15, -0.1) is 0 Å². The highest BCUT2D eigenvalue weighted by molar-refractivity contribution is 6.05. The van der Waals surface area contributed by atoms with E-state index in [4.69, 9.17) is 71.4 Å². The standard InChI is InChI=1S/C80H134N2O34/c83-43-21-1-11-31-62(87)103-44-22-2-12-32-63(88)104-45-23-3-13-33-64(89)105-46-24-4-14-34-65(90)106-47-25-5-15-35-66(91)107-48-26-6-16-36-67(92)108-49-27-7-17-37-68(93)109-50-28-8-18-38-69(94)110-51-29-9-19-39-70(95)111-52-30-10-20-40-71(96)112-54-42-82-61(86)55-58(78(82)102)81-41-53-113-79-76(101)74(99)77(60(57-85)115-79)116-80-75(100)73(98)72(97)59(56-84)114-80/h58-60,72-77,79-81,83-85,97-101H,1-57H2/t58?,59-,60-,72-,73+,74-,75-,76-,77-,79-,80-/m1/s1. The first-order chi connectivity index (χ1) is 56.1. The molecule has 0 aromatic rings. The number of hydrogen-bond donors (Lipinski definition) is 9. The summed E-state index contributed by atoms with van der Waals surface area (Å²) in [6.45, 7) is 0.362. The lowest BCUT2D eigenvalue weighted by Gasteiger charge is -2.45. The summed E-state index contributed by atoms with van der Waals surface area (Å²) >= 11 is 0. The van der Waals surface area contributed by atoms with Crippen molar-refractivity contribution in [2.75, 3.05) is 106 Å². The summed E-state index contributed by atoms with van der Waals surface area (Å²) in [6.07, 6.45) is 5.32. The summed E-state index contributed by atoms with van der Waals surface area (Å²) < 4.78 is 74.7. The maximum atomic E-state index is 13.0. The van der Waals surface area contributed by atoms with E-state index in [1.54, 1.807) is 0 Å². The minimum absolute atomic E-state index is 0.0239. The molecule has 0 aliphatic carbocycles. The van der Waals surface area contributed by atoms with Crippen LogP contribution in [0.3, 0.4) is 0 Å². The predicted molar refractivity (Wildman–Crippen MR) is 407 cm³/mol. The van der Waals surface area contributed by atoms with Crippen LogP contribution in [0.4, 0.5) is 0 Å². The number of aliphatic hydroxyl groups excluding tert-OH is 8. The molecular weight excluding hydrogens is 1530 g/mol. The SMILES string of the molecule is O=C(CCCCCO)OCCCCCC(=O)OCCCCCC(=O)OCCCCCC(=O)OCCCCCC(=O)OCCCCCC(=O)OCCCCCC(=O)OCCCCCC(=O)OCCCCCC(=O)OCCCCCC(=O)OCCN1C(=O)CC(NCCO[C@@H]2O[C@H](CO)[C@@H](O[C@H]3O[C@H](CO)[C@@H](O)[C@H](O)[C@H]3O)[C@H](O)[C@H]2O)C1=O.